The van der Waals surface area contributed by atoms with Gasteiger partial charge in [-0.1, -0.05) is 77.3 Å². The lowest BCUT2D eigenvalue weighted by Gasteiger charge is -2.10. The fraction of sp³-hybridized carbons (Fsp3) is 0.222. The molecule has 0 unspecified atom stereocenters. The van der Waals surface area contributed by atoms with Gasteiger partial charge in [-0.2, -0.15) is 0 Å². The van der Waals surface area contributed by atoms with E-state index in [1.165, 1.54) is 39.6 Å². The van der Waals surface area contributed by atoms with E-state index in [1.54, 1.807) is 5.57 Å². The molecule has 96 valence electrons. The maximum absolute atomic E-state index is 3.73. The Hall–Kier alpha value is -1.34. The van der Waals surface area contributed by atoms with Crippen LogP contribution in [-0.2, 0) is 6.42 Å². The molecule has 2 aromatic carbocycles. The van der Waals surface area contributed by atoms with Gasteiger partial charge in [0.05, 0.1) is 0 Å². The van der Waals surface area contributed by atoms with E-state index in [9.17, 15) is 0 Å². The topological polar surface area (TPSA) is 0 Å². The quantitative estimate of drug-likeness (QED) is 0.691. The molecule has 1 heteroatoms. The highest BCUT2D eigenvalue weighted by molar-refractivity contribution is 9.10. The van der Waals surface area contributed by atoms with Crippen LogP contribution in [0.4, 0.5) is 0 Å². The summed E-state index contributed by atoms with van der Waals surface area (Å²) in [6.07, 6.45) is 3.50. The van der Waals surface area contributed by atoms with E-state index in [4.69, 9.17) is 0 Å². The highest BCUT2D eigenvalue weighted by Crippen LogP contribution is 2.42. The Bertz CT molecular complexity index is 623. The molecule has 0 saturated carbocycles. The summed E-state index contributed by atoms with van der Waals surface area (Å²) in [7, 11) is 0. The Balaban J connectivity index is 2.20. The van der Waals surface area contributed by atoms with E-state index < -0.39 is 0 Å². The van der Waals surface area contributed by atoms with E-state index in [1.807, 2.05) is 0 Å². The SMILES string of the molecule is CCCC1=C(c2ccccc2)c2c(Br)cccc2C1. The Morgan fingerprint density at radius 2 is 1.79 bits per heavy atom. The molecular weight excluding hydrogens is 296 g/mol. The van der Waals surface area contributed by atoms with Crippen LogP contribution in [0.1, 0.15) is 36.5 Å². The minimum Gasteiger partial charge on any atom is -0.0651 e. The lowest BCUT2D eigenvalue weighted by molar-refractivity contribution is 0.884. The molecule has 1 aliphatic carbocycles. The molecule has 0 aromatic heterocycles. The molecule has 0 fully saturated rings. The first-order valence-corrected chi connectivity index (χ1v) is 7.65. The van der Waals surface area contributed by atoms with Crippen LogP contribution in [-0.4, -0.2) is 0 Å². The van der Waals surface area contributed by atoms with Gasteiger partial charge in [-0.3, -0.25) is 0 Å². The van der Waals surface area contributed by atoms with Crippen molar-refractivity contribution >= 4 is 21.5 Å². The van der Waals surface area contributed by atoms with Crippen LogP contribution < -0.4 is 0 Å². The van der Waals surface area contributed by atoms with Crippen molar-refractivity contribution in [2.24, 2.45) is 0 Å². The smallest absolute Gasteiger partial charge is 0.0256 e. The lowest BCUT2D eigenvalue weighted by atomic mass is 9.96. The van der Waals surface area contributed by atoms with E-state index in [-0.39, 0.29) is 0 Å². The zero-order chi connectivity index (χ0) is 13.2. The summed E-state index contributed by atoms with van der Waals surface area (Å²) in [4.78, 5) is 0. The van der Waals surface area contributed by atoms with Crippen molar-refractivity contribution in [3.05, 3.63) is 75.3 Å². The van der Waals surface area contributed by atoms with Crippen LogP contribution in [0.25, 0.3) is 5.57 Å². The minimum absolute atomic E-state index is 1.10. The van der Waals surface area contributed by atoms with Gasteiger partial charge in [-0.25, -0.2) is 0 Å². The molecule has 0 atom stereocenters. The first kappa shape index (κ1) is 12.7. The van der Waals surface area contributed by atoms with Crippen LogP contribution in [0.15, 0.2) is 58.6 Å². The van der Waals surface area contributed by atoms with Crippen LogP contribution in [0.5, 0.6) is 0 Å². The van der Waals surface area contributed by atoms with Crippen molar-refractivity contribution in [1.29, 1.82) is 0 Å². The molecule has 19 heavy (non-hydrogen) atoms. The molecule has 0 aliphatic heterocycles. The first-order chi connectivity index (χ1) is 9.31. The van der Waals surface area contributed by atoms with Gasteiger partial charge in [0, 0.05) is 4.47 Å². The van der Waals surface area contributed by atoms with Crippen molar-refractivity contribution < 1.29 is 0 Å². The molecule has 0 bridgehead atoms. The standard InChI is InChI=1S/C18H17Br/c1-2-7-14-12-15-10-6-11-16(19)18(15)17(14)13-8-4-3-5-9-13/h3-6,8-11H,2,7,12H2,1H3. The number of rotatable bonds is 3. The summed E-state index contributed by atoms with van der Waals surface area (Å²) in [5.41, 5.74) is 7.23. The molecule has 3 rings (SSSR count). The second-order valence-corrected chi connectivity index (χ2v) is 5.90. The zero-order valence-electron chi connectivity index (χ0n) is 11.1. The number of hydrogen-bond acceptors (Lipinski definition) is 0. The Morgan fingerprint density at radius 3 is 2.53 bits per heavy atom. The van der Waals surface area contributed by atoms with Gasteiger partial charge in [0.25, 0.3) is 0 Å². The van der Waals surface area contributed by atoms with Crippen molar-refractivity contribution in [1.82, 2.24) is 0 Å². The molecule has 0 N–H and O–H groups in total. The summed E-state index contributed by atoms with van der Waals surface area (Å²) in [6.45, 7) is 2.26. The molecule has 0 heterocycles. The zero-order valence-corrected chi connectivity index (χ0v) is 12.7. The fourth-order valence-corrected chi connectivity index (χ4v) is 3.57. The molecule has 2 aromatic rings. The Labute approximate surface area is 123 Å². The number of halogens is 1. The summed E-state index contributed by atoms with van der Waals surface area (Å²) < 4.78 is 1.22. The highest BCUT2D eigenvalue weighted by atomic mass is 79.9. The predicted molar refractivity (Wildman–Crippen MR) is 85.2 cm³/mol. The Morgan fingerprint density at radius 1 is 1.00 bits per heavy atom. The number of hydrogen-bond donors (Lipinski definition) is 0. The maximum Gasteiger partial charge on any atom is 0.0256 e. The Kier molecular flexibility index (Phi) is 3.56. The van der Waals surface area contributed by atoms with Crippen molar-refractivity contribution in [2.45, 2.75) is 26.2 Å². The number of benzene rings is 2. The van der Waals surface area contributed by atoms with Gasteiger partial charge in [-0.15, -0.1) is 0 Å². The van der Waals surface area contributed by atoms with Gasteiger partial charge in [0.2, 0.25) is 0 Å². The average molecular weight is 313 g/mol. The van der Waals surface area contributed by atoms with Gasteiger partial charge in [0.1, 0.15) is 0 Å². The first-order valence-electron chi connectivity index (χ1n) is 6.86. The number of allylic oxidation sites excluding steroid dienone is 1. The van der Waals surface area contributed by atoms with Crippen LogP contribution in [0.3, 0.4) is 0 Å². The van der Waals surface area contributed by atoms with Gasteiger partial charge in [0.15, 0.2) is 0 Å². The molecule has 0 saturated heterocycles. The highest BCUT2D eigenvalue weighted by Gasteiger charge is 2.23. The lowest BCUT2D eigenvalue weighted by Crippen LogP contribution is -1.89. The maximum atomic E-state index is 3.73. The average Bonchev–Trinajstić information content (AvgIpc) is 2.80. The van der Waals surface area contributed by atoms with E-state index >= 15 is 0 Å². The summed E-state index contributed by atoms with van der Waals surface area (Å²) >= 11 is 3.73. The molecular formula is C18H17Br. The van der Waals surface area contributed by atoms with Gasteiger partial charge >= 0.3 is 0 Å². The second kappa shape index (κ2) is 5.34. The van der Waals surface area contributed by atoms with Crippen molar-refractivity contribution in [3.8, 4) is 0 Å². The van der Waals surface area contributed by atoms with E-state index in [2.05, 4.69) is 71.4 Å². The largest absolute Gasteiger partial charge is 0.0651 e. The molecule has 0 nitrogen and oxygen atoms in total. The van der Waals surface area contributed by atoms with Crippen LogP contribution in [0.2, 0.25) is 0 Å². The molecule has 0 radical (unpaired) electrons. The fourth-order valence-electron chi connectivity index (χ4n) is 2.96. The summed E-state index contributed by atoms with van der Waals surface area (Å²) in [5, 5.41) is 0. The normalized spacial score (nSPS) is 13.8. The monoisotopic (exact) mass is 312 g/mol. The predicted octanol–water partition coefficient (Wildman–Crippen LogP) is 5.61. The molecule has 0 amide bonds. The van der Waals surface area contributed by atoms with Gasteiger partial charge in [-0.05, 0) is 41.2 Å². The van der Waals surface area contributed by atoms with Crippen molar-refractivity contribution in [2.75, 3.05) is 0 Å². The summed E-state index contributed by atoms with van der Waals surface area (Å²) in [5.74, 6) is 0. The van der Waals surface area contributed by atoms with Crippen LogP contribution >= 0.6 is 15.9 Å². The van der Waals surface area contributed by atoms with E-state index in [0.29, 0.717) is 0 Å². The van der Waals surface area contributed by atoms with E-state index in [0.717, 1.165) is 6.42 Å². The van der Waals surface area contributed by atoms with Crippen LogP contribution in [0, 0.1) is 0 Å². The third-order valence-corrected chi connectivity index (χ3v) is 4.38. The third kappa shape index (κ3) is 2.28. The third-order valence-electron chi connectivity index (χ3n) is 3.72. The van der Waals surface area contributed by atoms with Gasteiger partial charge < -0.3 is 0 Å². The number of fused-ring (bicyclic) bond motifs is 1. The minimum atomic E-state index is 1.10. The molecule has 0 spiro atoms. The molecule has 1 aliphatic rings. The van der Waals surface area contributed by atoms with Crippen molar-refractivity contribution in [3.63, 3.8) is 0 Å². The second-order valence-electron chi connectivity index (χ2n) is 5.05. The summed E-state index contributed by atoms with van der Waals surface area (Å²) in [6, 6.07) is 17.3.